The van der Waals surface area contributed by atoms with E-state index in [4.69, 9.17) is 42.1 Å². The molecule has 0 saturated heterocycles. The van der Waals surface area contributed by atoms with Crippen LogP contribution >= 0.6 is 23.2 Å². The van der Waals surface area contributed by atoms with E-state index in [2.05, 4.69) is 12.2 Å². The second-order valence-corrected chi connectivity index (χ2v) is 9.52. The maximum atomic E-state index is 13.0. The van der Waals surface area contributed by atoms with Gasteiger partial charge < -0.3 is 24.3 Å². The first-order valence-electron chi connectivity index (χ1n) is 12.7. The summed E-state index contributed by atoms with van der Waals surface area (Å²) in [6, 6.07) is 15.3. The van der Waals surface area contributed by atoms with Crippen molar-refractivity contribution in [1.29, 1.82) is 0 Å². The average Bonchev–Trinajstić information content (AvgIpc) is 2.92. The second kappa shape index (κ2) is 14.8. The minimum atomic E-state index is -0.942. The first-order valence-corrected chi connectivity index (χ1v) is 13.4. The van der Waals surface area contributed by atoms with Crippen LogP contribution < -0.4 is 14.8 Å². The molecule has 3 aromatic carbocycles. The number of hydrogen-bond acceptors (Lipinski definition) is 6. The van der Waals surface area contributed by atoms with Gasteiger partial charge >= 0.3 is 5.97 Å². The molecule has 0 aliphatic rings. The molecule has 0 fully saturated rings. The molecule has 0 bridgehead atoms. The zero-order valence-corrected chi connectivity index (χ0v) is 24.0. The van der Waals surface area contributed by atoms with E-state index in [1.807, 2.05) is 36.4 Å². The van der Waals surface area contributed by atoms with E-state index in [1.54, 1.807) is 39.3 Å². The number of nitrogens with one attached hydrogen (secondary N) is 1. The number of ether oxygens (including phenoxy) is 4. The van der Waals surface area contributed by atoms with Crippen LogP contribution in [0.3, 0.4) is 0 Å². The lowest BCUT2D eigenvalue weighted by molar-refractivity contribution is -0.145. The highest BCUT2D eigenvalue weighted by Crippen LogP contribution is 2.40. The zero-order chi connectivity index (χ0) is 28.4. The number of methoxy groups -OCH3 is 2. The highest BCUT2D eigenvalue weighted by Gasteiger charge is 2.25. The predicted octanol–water partition coefficient (Wildman–Crippen LogP) is 6.51. The first kappa shape index (κ1) is 30.3. The number of hydrogen-bond donors (Lipinski definition) is 1. The standard InChI is InChI=1S/C30H33Cl2NO6/c1-5-14-38-18-20-16-25(36-3)27(26(17-20)37-4)21-12-10-19(11-13-21)15-24(30(35)39-6-2)33-29(34)28-22(31)8-7-9-23(28)32/h7-13,16-17,24H,5-6,14-15,18H2,1-4H3,(H,33,34)/t24-/m0/s1. The molecule has 1 amide bonds. The zero-order valence-electron chi connectivity index (χ0n) is 22.5. The Balaban J connectivity index is 1.85. The minimum absolute atomic E-state index is 0.105. The summed E-state index contributed by atoms with van der Waals surface area (Å²) < 4.78 is 22.3. The van der Waals surface area contributed by atoms with Crippen molar-refractivity contribution in [2.75, 3.05) is 27.4 Å². The Morgan fingerprint density at radius 2 is 1.51 bits per heavy atom. The minimum Gasteiger partial charge on any atom is -0.496 e. The quantitative estimate of drug-likeness (QED) is 0.185. The van der Waals surface area contributed by atoms with Crippen LogP contribution in [0.4, 0.5) is 0 Å². The molecule has 3 aromatic rings. The molecule has 0 heterocycles. The monoisotopic (exact) mass is 573 g/mol. The number of rotatable bonds is 13. The Morgan fingerprint density at radius 1 is 0.897 bits per heavy atom. The molecule has 1 N–H and O–H groups in total. The topological polar surface area (TPSA) is 83.1 Å². The van der Waals surface area contributed by atoms with E-state index in [0.29, 0.717) is 24.7 Å². The Hall–Kier alpha value is -3.26. The van der Waals surface area contributed by atoms with Gasteiger partial charge in [0.2, 0.25) is 0 Å². The Labute approximate surface area is 239 Å². The van der Waals surface area contributed by atoms with Gasteiger partial charge in [-0.1, -0.05) is 60.5 Å². The molecule has 0 aliphatic carbocycles. The van der Waals surface area contributed by atoms with Crippen LogP contribution in [0.25, 0.3) is 11.1 Å². The van der Waals surface area contributed by atoms with Gasteiger partial charge in [-0.3, -0.25) is 4.79 Å². The van der Waals surface area contributed by atoms with Crippen molar-refractivity contribution in [1.82, 2.24) is 5.32 Å². The molecule has 7 nitrogen and oxygen atoms in total. The summed E-state index contributed by atoms with van der Waals surface area (Å²) in [5.74, 6) is 0.205. The molecule has 3 rings (SSSR count). The first-order chi connectivity index (χ1) is 18.8. The van der Waals surface area contributed by atoms with Crippen molar-refractivity contribution in [3.8, 4) is 22.6 Å². The van der Waals surface area contributed by atoms with Crippen molar-refractivity contribution >= 4 is 35.1 Å². The van der Waals surface area contributed by atoms with Crippen molar-refractivity contribution in [2.45, 2.75) is 39.3 Å². The maximum Gasteiger partial charge on any atom is 0.328 e. The fourth-order valence-corrected chi connectivity index (χ4v) is 4.66. The molecule has 1 atom stereocenters. The molecular weight excluding hydrogens is 541 g/mol. The molecule has 0 aromatic heterocycles. The normalized spacial score (nSPS) is 11.5. The highest BCUT2D eigenvalue weighted by molar-refractivity contribution is 6.39. The smallest absolute Gasteiger partial charge is 0.328 e. The van der Waals surface area contributed by atoms with Gasteiger partial charge in [0.25, 0.3) is 5.91 Å². The van der Waals surface area contributed by atoms with Gasteiger partial charge in [-0.05, 0) is 54.3 Å². The summed E-state index contributed by atoms with van der Waals surface area (Å²) >= 11 is 12.4. The van der Waals surface area contributed by atoms with Crippen molar-refractivity contribution in [2.24, 2.45) is 0 Å². The number of halogens is 2. The molecule has 39 heavy (non-hydrogen) atoms. The van der Waals surface area contributed by atoms with E-state index >= 15 is 0 Å². The fourth-order valence-electron chi connectivity index (χ4n) is 4.09. The lowest BCUT2D eigenvalue weighted by atomic mass is 9.98. The molecule has 0 aliphatic heterocycles. The molecule has 0 unspecified atom stereocenters. The van der Waals surface area contributed by atoms with Crippen LogP contribution in [0.15, 0.2) is 54.6 Å². The summed E-state index contributed by atoms with van der Waals surface area (Å²) in [6.45, 7) is 5.08. The molecular formula is C30H33Cl2NO6. The van der Waals surface area contributed by atoms with Gasteiger partial charge in [0.1, 0.15) is 17.5 Å². The maximum absolute atomic E-state index is 13.0. The van der Waals surface area contributed by atoms with Gasteiger partial charge in [-0.15, -0.1) is 0 Å². The van der Waals surface area contributed by atoms with Crippen molar-refractivity contribution in [3.05, 3.63) is 81.3 Å². The largest absolute Gasteiger partial charge is 0.496 e. The molecule has 9 heteroatoms. The van der Waals surface area contributed by atoms with Gasteiger partial charge in [0, 0.05) is 13.0 Å². The van der Waals surface area contributed by atoms with Crippen LogP contribution in [0.1, 0.15) is 41.8 Å². The number of esters is 1. The summed E-state index contributed by atoms with van der Waals surface area (Å²) in [6.07, 6.45) is 1.14. The Bertz CT molecular complexity index is 1230. The highest BCUT2D eigenvalue weighted by atomic mass is 35.5. The van der Waals surface area contributed by atoms with Gasteiger partial charge in [-0.2, -0.15) is 0 Å². The molecule has 208 valence electrons. The third-order valence-electron chi connectivity index (χ3n) is 5.93. The Morgan fingerprint density at radius 3 is 2.05 bits per heavy atom. The van der Waals surface area contributed by atoms with Gasteiger partial charge in [0.15, 0.2) is 0 Å². The van der Waals surface area contributed by atoms with Gasteiger partial charge in [-0.25, -0.2) is 4.79 Å². The van der Waals surface area contributed by atoms with Crippen LogP contribution in [-0.2, 0) is 27.3 Å². The summed E-state index contributed by atoms with van der Waals surface area (Å²) in [7, 11) is 3.22. The van der Waals surface area contributed by atoms with E-state index in [0.717, 1.165) is 28.7 Å². The third-order valence-corrected chi connectivity index (χ3v) is 6.56. The summed E-state index contributed by atoms with van der Waals surface area (Å²) in [4.78, 5) is 25.7. The van der Waals surface area contributed by atoms with Gasteiger partial charge in [0.05, 0.1) is 48.6 Å². The van der Waals surface area contributed by atoms with Crippen molar-refractivity contribution < 1.29 is 28.5 Å². The lowest BCUT2D eigenvalue weighted by Crippen LogP contribution is -2.43. The van der Waals surface area contributed by atoms with Crippen LogP contribution in [0, 0.1) is 0 Å². The number of carbonyl (C=O) groups excluding carboxylic acids is 2. The third kappa shape index (κ3) is 7.88. The van der Waals surface area contributed by atoms with E-state index in [-0.39, 0.29) is 28.6 Å². The number of carbonyl (C=O) groups is 2. The van der Waals surface area contributed by atoms with Crippen LogP contribution in [0.2, 0.25) is 10.0 Å². The van der Waals surface area contributed by atoms with E-state index in [9.17, 15) is 9.59 Å². The number of amides is 1. The van der Waals surface area contributed by atoms with E-state index in [1.165, 1.54) is 0 Å². The molecule has 0 spiro atoms. The summed E-state index contributed by atoms with van der Waals surface area (Å²) in [5.41, 5.74) is 3.53. The average molecular weight is 575 g/mol. The van der Waals surface area contributed by atoms with Crippen LogP contribution in [-0.4, -0.2) is 45.4 Å². The second-order valence-electron chi connectivity index (χ2n) is 8.70. The predicted molar refractivity (Wildman–Crippen MR) is 153 cm³/mol. The summed E-state index contributed by atoms with van der Waals surface area (Å²) in [5, 5.41) is 3.11. The fraction of sp³-hybridized carbons (Fsp3) is 0.333. The lowest BCUT2D eigenvalue weighted by Gasteiger charge is -2.19. The SMILES string of the molecule is CCCOCc1cc(OC)c(-c2ccc(C[C@H](NC(=O)c3c(Cl)cccc3Cl)C(=O)OCC)cc2)c(OC)c1. The molecule has 0 saturated carbocycles. The van der Waals surface area contributed by atoms with Crippen molar-refractivity contribution in [3.63, 3.8) is 0 Å². The number of benzene rings is 3. The van der Waals surface area contributed by atoms with E-state index < -0.39 is 17.9 Å². The molecule has 0 radical (unpaired) electrons. The Kier molecular flexibility index (Phi) is 11.5. The van der Waals surface area contributed by atoms with Crippen LogP contribution in [0.5, 0.6) is 11.5 Å².